The van der Waals surface area contributed by atoms with Crippen LogP contribution in [0, 0.1) is 0 Å². The Morgan fingerprint density at radius 2 is 1.69 bits per heavy atom. The van der Waals surface area contributed by atoms with Gasteiger partial charge >= 0.3 is 32.4 Å². The molecule has 0 bridgehead atoms. The van der Waals surface area contributed by atoms with E-state index in [1.54, 1.807) is 0 Å². The van der Waals surface area contributed by atoms with Gasteiger partial charge in [-0.05, 0) is 38.7 Å². The molecule has 0 aliphatic carbocycles. The first kappa shape index (κ1) is 14.1. The fraction of sp³-hybridized carbons (Fsp3) is 0.875. The molecule has 94 valence electrons. The molecule has 1 fully saturated rings. The minimum atomic E-state index is -2.02. The van der Waals surface area contributed by atoms with Crippen LogP contribution >= 0.6 is 0 Å². The third-order valence-corrected chi connectivity index (χ3v) is 13.6. The Balaban J connectivity index is 2.45. The van der Waals surface area contributed by atoms with E-state index in [0.717, 1.165) is 6.04 Å². The smallest absolute Gasteiger partial charge is 0.313 e. The van der Waals surface area contributed by atoms with E-state index >= 15 is 0 Å². The first-order valence-electron chi connectivity index (χ1n) is 5.48. The molecule has 0 aromatic rings. The summed E-state index contributed by atoms with van der Waals surface area (Å²) in [6, 6.07) is 0.766. The molecule has 0 amide bonds. The predicted octanol–water partition coefficient (Wildman–Crippen LogP) is 1.54. The minimum Gasteiger partial charge on any atom is -0.481 e. The maximum Gasteiger partial charge on any atom is 0.313 e. The molecule has 5 nitrogen and oxygen atoms in total. The van der Waals surface area contributed by atoms with Crippen LogP contribution < -0.4 is 0 Å². The van der Waals surface area contributed by atoms with Gasteiger partial charge in [0.15, 0.2) is 0 Å². The molecular formula is C8H20O5Si3. The van der Waals surface area contributed by atoms with Gasteiger partial charge in [-0.15, -0.1) is 0 Å². The highest BCUT2D eigenvalue weighted by molar-refractivity contribution is 6.87. The normalized spacial score (nSPS) is 24.2. The van der Waals surface area contributed by atoms with E-state index in [-0.39, 0.29) is 6.42 Å². The lowest BCUT2D eigenvalue weighted by Crippen LogP contribution is -2.59. The molecule has 0 spiro atoms. The fourth-order valence-corrected chi connectivity index (χ4v) is 15.0. The van der Waals surface area contributed by atoms with Crippen molar-refractivity contribution in [1.29, 1.82) is 0 Å². The van der Waals surface area contributed by atoms with Gasteiger partial charge in [0, 0.05) is 6.42 Å². The average Bonchev–Trinajstić information content (AvgIpc) is 1.96. The number of hydrogen-bond acceptors (Lipinski definition) is 4. The van der Waals surface area contributed by atoms with Crippen molar-refractivity contribution in [2.45, 2.75) is 45.1 Å². The molecule has 0 aromatic carbocycles. The van der Waals surface area contributed by atoms with Gasteiger partial charge in [-0.3, -0.25) is 4.79 Å². The lowest BCUT2D eigenvalue weighted by Gasteiger charge is -2.42. The van der Waals surface area contributed by atoms with Gasteiger partial charge in [0.05, 0.1) is 0 Å². The molecule has 1 N–H and O–H groups in total. The van der Waals surface area contributed by atoms with E-state index in [1.807, 2.05) is 26.2 Å². The lowest BCUT2D eigenvalue weighted by atomic mass is 10.3. The standard InChI is InChI=1S/C8H20O5Si3/c1-15(2)11-14(7-5-6-8(9)10)12-16(3,4)13-15/h14H,5-7H2,1-4H3,(H,9,10). The van der Waals surface area contributed by atoms with Crippen LogP contribution in [0.2, 0.25) is 32.2 Å². The molecule has 8 heteroatoms. The Kier molecular flexibility index (Phi) is 4.49. The predicted molar refractivity (Wildman–Crippen MR) is 67.0 cm³/mol. The van der Waals surface area contributed by atoms with Crippen molar-refractivity contribution in [3.05, 3.63) is 0 Å². The number of rotatable bonds is 4. The second-order valence-corrected chi connectivity index (χ2v) is 14.6. The maximum absolute atomic E-state index is 10.4. The van der Waals surface area contributed by atoms with Crippen molar-refractivity contribution in [2.75, 3.05) is 0 Å². The quantitative estimate of drug-likeness (QED) is 0.791. The van der Waals surface area contributed by atoms with Crippen LogP contribution in [0.15, 0.2) is 0 Å². The number of carboxylic acids is 1. The Labute approximate surface area is 100 Å². The van der Waals surface area contributed by atoms with Gasteiger partial charge in [0.2, 0.25) is 0 Å². The Hall–Kier alpha value is 0.000649. The van der Waals surface area contributed by atoms with E-state index < -0.39 is 32.4 Å². The van der Waals surface area contributed by atoms with Gasteiger partial charge in [-0.25, -0.2) is 0 Å². The zero-order chi connectivity index (χ0) is 12.4. The Morgan fingerprint density at radius 1 is 1.19 bits per heavy atom. The van der Waals surface area contributed by atoms with Crippen LogP contribution in [-0.2, 0) is 17.1 Å². The summed E-state index contributed by atoms with van der Waals surface area (Å²) >= 11 is 0. The van der Waals surface area contributed by atoms with Crippen LogP contribution in [-0.4, -0.2) is 37.5 Å². The van der Waals surface area contributed by atoms with Crippen LogP contribution in [0.3, 0.4) is 0 Å². The second-order valence-electron chi connectivity index (χ2n) is 4.85. The van der Waals surface area contributed by atoms with E-state index in [4.69, 9.17) is 17.5 Å². The van der Waals surface area contributed by atoms with Gasteiger partial charge in [-0.1, -0.05) is 0 Å². The molecular weight excluding hydrogens is 260 g/mol. The first-order chi connectivity index (χ1) is 7.20. The van der Waals surface area contributed by atoms with Crippen LogP contribution in [0.1, 0.15) is 12.8 Å². The molecule has 1 heterocycles. The number of aliphatic carboxylic acids is 1. The average molecular weight is 281 g/mol. The van der Waals surface area contributed by atoms with Crippen molar-refractivity contribution in [3.8, 4) is 0 Å². The molecule has 0 saturated carbocycles. The summed E-state index contributed by atoms with van der Waals surface area (Å²) in [4.78, 5) is 10.4. The molecule has 1 aliphatic heterocycles. The van der Waals surface area contributed by atoms with Crippen molar-refractivity contribution in [2.24, 2.45) is 0 Å². The molecule has 0 radical (unpaired) electrons. The van der Waals surface area contributed by atoms with Gasteiger partial charge < -0.3 is 17.5 Å². The van der Waals surface area contributed by atoms with Crippen molar-refractivity contribution in [1.82, 2.24) is 0 Å². The van der Waals surface area contributed by atoms with Crippen molar-refractivity contribution >= 4 is 32.4 Å². The summed E-state index contributed by atoms with van der Waals surface area (Å²) in [7, 11) is -5.73. The third kappa shape index (κ3) is 4.89. The monoisotopic (exact) mass is 280 g/mol. The van der Waals surface area contributed by atoms with E-state index in [0.29, 0.717) is 6.42 Å². The highest BCUT2D eigenvalue weighted by Gasteiger charge is 2.45. The lowest BCUT2D eigenvalue weighted by molar-refractivity contribution is -0.137. The SMILES string of the molecule is C[Si]1(C)O[SiH](CCCC(=O)O)O[Si](C)(C)O1. The maximum atomic E-state index is 10.4. The second kappa shape index (κ2) is 5.10. The molecule has 1 aliphatic rings. The van der Waals surface area contributed by atoms with E-state index in [1.165, 1.54) is 0 Å². The third-order valence-electron chi connectivity index (χ3n) is 2.15. The summed E-state index contributed by atoms with van der Waals surface area (Å²) in [5, 5.41) is 8.57. The molecule has 1 rings (SSSR count). The van der Waals surface area contributed by atoms with Crippen LogP contribution in [0.4, 0.5) is 0 Å². The summed E-state index contributed by atoms with van der Waals surface area (Å²) in [5.74, 6) is -0.755. The molecule has 16 heavy (non-hydrogen) atoms. The highest BCUT2D eigenvalue weighted by atomic mass is 28.5. The summed E-state index contributed by atoms with van der Waals surface area (Å²) in [6.45, 7) is 8.12. The van der Waals surface area contributed by atoms with Gasteiger partial charge in [0.25, 0.3) is 0 Å². The fourth-order valence-electron chi connectivity index (χ4n) is 1.84. The molecule has 0 aromatic heterocycles. The summed E-state index contributed by atoms with van der Waals surface area (Å²) < 4.78 is 17.6. The topological polar surface area (TPSA) is 65.0 Å². The number of hydrogen-bond donors (Lipinski definition) is 1. The minimum absolute atomic E-state index is 0.195. The summed E-state index contributed by atoms with van der Waals surface area (Å²) in [5.41, 5.74) is 0. The van der Waals surface area contributed by atoms with Crippen LogP contribution in [0.5, 0.6) is 0 Å². The van der Waals surface area contributed by atoms with Gasteiger partial charge in [0.1, 0.15) is 0 Å². The van der Waals surface area contributed by atoms with Gasteiger partial charge in [-0.2, -0.15) is 0 Å². The van der Waals surface area contributed by atoms with E-state index in [2.05, 4.69) is 0 Å². The zero-order valence-corrected chi connectivity index (χ0v) is 13.4. The molecule has 0 atom stereocenters. The van der Waals surface area contributed by atoms with Crippen molar-refractivity contribution < 1.29 is 22.2 Å². The summed E-state index contributed by atoms with van der Waals surface area (Å²) in [6.07, 6.45) is 0.836. The van der Waals surface area contributed by atoms with E-state index in [9.17, 15) is 4.79 Å². The molecule has 1 saturated heterocycles. The highest BCUT2D eigenvalue weighted by Crippen LogP contribution is 2.26. The number of carbonyl (C=O) groups is 1. The van der Waals surface area contributed by atoms with Crippen LogP contribution in [0.25, 0.3) is 0 Å². The number of carboxylic acid groups (broad SMARTS) is 1. The molecule has 0 unspecified atom stereocenters. The largest absolute Gasteiger partial charge is 0.481 e. The first-order valence-corrected chi connectivity index (χ1v) is 12.9. The Morgan fingerprint density at radius 3 is 2.12 bits per heavy atom. The Bertz CT molecular complexity index is 252. The zero-order valence-electron chi connectivity index (χ0n) is 10.3. The van der Waals surface area contributed by atoms with Crippen molar-refractivity contribution in [3.63, 3.8) is 0 Å².